The molecule has 0 saturated carbocycles. The fourth-order valence-electron chi connectivity index (χ4n) is 4.00. The Hall–Kier alpha value is -3.04. The molecule has 1 aliphatic rings. The number of benzene rings is 3. The number of hydrogen-bond donors (Lipinski definition) is 1. The maximum Gasteiger partial charge on any atom is 0.323 e. The Kier molecular flexibility index (Phi) is 10.9. The summed E-state index contributed by atoms with van der Waals surface area (Å²) in [5, 5.41) is 10.5. The van der Waals surface area contributed by atoms with Crippen LogP contribution in [0.5, 0.6) is 11.5 Å². The molecule has 1 saturated heterocycles. The highest BCUT2D eigenvalue weighted by Gasteiger charge is 2.33. The van der Waals surface area contributed by atoms with Gasteiger partial charge in [0.25, 0.3) is 5.91 Å². The summed E-state index contributed by atoms with van der Waals surface area (Å²) < 4.78 is 12.3. The van der Waals surface area contributed by atoms with E-state index in [1.807, 2.05) is 66.7 Å². The molecule has 0 atom stereocenters. The normalized spacial score (nSPS) is 14.2. The maximum absolute atomic E-state index is 12.9. The summed E-state index contributed by atoms with van der Waals surface area (Å²) in [6, 6.07) is 20.9. The van der Waals surface area contributed by atoms with E-state index < -0.39 is 18.4 Å². The lowest BCUT2D eigenvalue weighted by atomic mass is 10.1. The number of amides is 1. The van der Waals surface area contributed by atoms with Crippen molar-refractivity contribution in [1.82, 2.24) is 4.90 Å². The minimum absolute atomic E-state index is 0.207. The molecule has 1 fully saturated rings. The van der Waals surface area contributed by atoms with Crippen molar-refractivity contribution in [2.45, 2.75) is 25.7 Å². The monoisotopic (exact) mass is 615 g/mol. The van der Waals surface area contributed by atoms with Gasteiger partial charge in [-0.1, -0.05) is 71.4 Å². The topological polar surface area (TPSA) is 76.1 Å². The Labute approximate surface area is 252 Å². The highest BCUT2D eigenvalue weighted by atomic mass is 35.5. The van der Waals surface area contributed by atoms with E-state index in [1.165, 1.54) is 5.56 Å². The lowest BCUT2D eigenvalue weighted by Crippen LogP contribution is -2.33. The highest BCUT2D eigenvalue weighted by Crippen LogP contribution is 2.35. The summed E-state index contributed by atoms with van der Waals surface area (Å²) in [7, 11) is 0. The van der Waals surface area contributed by atoms with Crippen LogP contribution < -0.4 is 9.47 Å². The van der Waals surface area contributed by atoms with Crippen LogP contribution in [0, 0.1) is 0 Å². The zero-order valence-corrected chi connectivity index (χ0v) is 24.6. The molecule has 208 valence electrons. The van der Waals surface area contributed by atoms with E-state index in [1.54, 1.807) is 6.08 Å². The van der Waals surface area contributed by atoms with Crippen molar-refractivity contribution in [3.05, 3.63) is 98.4 Å². The summed E-state index contributed by atoms with van der Waals surface area (Å²) in [4.78, 5) is 25.4. The molecule has 0 bridgehead atoms. The van der Waals surface area contributed by atoms with Gasteiger partial charge in [0.2, 0.25) is 0 Å². The first kappa shape index (κ1) is 29.9. The number of carboxylic acid groups (broad SMARTS) is 1. The third-order valence-corrected chi connectivity index (χ3v) is 7.89. The second kappa shape index (κ2) is 14.6. The maximum atomic E-state index is 12.9. The number of hydrogen-bond acceptors (Lipinski definition) is 6. The Morgan fingerprint density at radius 1 is 0.900 bits per heavy atom. The number of aliphatic carboxylic acids is 1. The number of carbonyl (C=O) groups excluding carboxylic acids is 1. The molecule has 0 aromatic heterocycles. The molecule has 1 N–H and O–H groups in total. The molecule has 6 nitrogen and oxygen atoms in total. The Morgan fingerprint density at radius 2 is 1.48 bits per heavy atom. The third-order valence-electron chi connectivity index (χ3n) is 6.01. The number of aryl methyl sites for hydroxylation is 2. The first-order chi connectivity index (χ1) is 19.3. The van der Waals surface area contributed by atoms with E-state index in [0.717, 1.165) is 47.9 Å². The molecule has 0 spiro atoms. The van der Waals surface area contributed by atoms with Crippen molar-refractivity contribution in [1.29, 1.82) is 0 Å². The van der Waals surface area contributed by atoms with Crippen LogP contribution in [0.4, 0.5) is 0 Å². The molecule has 1 heterocycles. The van der Waals surface area contributed by atoms with Crippen LogP contribution in [0.2, 0.25) is 10.0 Å². The number of nitrogens with zero attached hydrogens (tertiary/aromatic N) is 1. The molecule has 3 aromatic carbocycles. The summed E-state index contributed by atoms with van der Waals surface area (Å²) in [5.74, 6) is -0.346. The number of ether oxygens (including phenoxy) is 2. The van der Waals surface area contributed by atoms with E-state index >= 15 is 0 Å². The third kappa shape index (κ3) is 8.73. The highest BCUT2D eigenvalue weighted by molar-refractivity contribution is 8.26. The lowest BCUT2D eigenvalue weighted by molar-refractivity contribution is -0.140. The van der Waals surface area contributed by atoms with Crippen LogP contribution in [-0.4, -0.2) is 46.0 Å². The zero-order chi connectivity index (χ0) is 28.5. The van der Waals surface area contributed by atoms with E-state index in [4.69, 9.17) is 50.0 Å². The SMILES string of the molecule is O=C(O)CN1C(=O)/C(=C/c2cc(OCCCc3ccc(Cl)cc3)ccc2OCCCc2ccc(Cl)cc2)SC1=S. The molecule has 10 heteroatoms. The van der Waals surface area contributed by atoms with Gasteiger partial charge in [-0.2, -0.15) is 0 Å². The van der Waals surface area contributed by atoms with Crippen molar-refractivity contribution in [3.8, 4) is 11.5 Å². The van der Waals surface area contributed by atoms with E-state index in [0.29, 0.717) is 45.2 Å². The zero-order valence-electron chi connectivity index (χ0n) is 21.5. The van der Waals surface area contributed by atoms with Gasteiger partial charge in [-0.25, -0.2) is 0 Å². The molecule has 1 amide bonds. The second-order valence-electron chi connectivity index (χ2n) is 9.02. The average molecular weight is 617 g/mol. The predicted molar refractivity (Wildman–Crippen MR) is 164 cm³/mol. The van der Waals surface area contributed by atoms with Gasteiger partial charge in [0.15, 0.2) is 0 Å². The molecular weight excluding hydrogens is 589 g/mol. The summed E-state index contributed by atoms with van der Waals surface area (Å²) >= 11 is 18.2. The molecular formula is C30H27Cl2NO5S2. The van der Waals surface area contributed by atoms with E-state index in [-0.39, 0.29) is 4.32 Å². The molecule has 0 radical (unpaired) electrons. The van der Waals surface area contributed by atoms with Crippen LogP contribution in [-0.2, 0) is 22.4 Å². The molecule has 3 aromatic rings. The quantitative estimate of drug-likeness (QED) is 0.123. The summed E-state index contributed by atoms with van der Waals surface area (Å²) in [5.41, 5.74) is 3.00. The molecule has 40 heavy (non-hydrogen) atoms. The smallest absolute Gasteiger partial charge is 0.323 e. The van der Waals surface area contributed by atoms with Crippen molar-refractivity contribution < 1.29 is 24.2 Å². The van der Waals surface area contributed by atoms with Crippen LogP contribution in [0.15, 0.2) is 71.6 Å². The first-order valence-corrected chi connectivity index (χ1v) is 14.6. The van der Waals surface area contributed by atoms with Gasteiger partial charge >= 0.3 is 5.97 Å². The van der Waals surface area contributed by atoms with Gasteiger partial charge in [-0.3, -0.25) is 14.5 Å². The minimum Gasteiger partial charge on any atom is -0.494 e. The largest absolute Gasteiger partial charge is 0.494 e. The fourth-order valence-corrected chi connectivity index (χ4v) is 5.50. The van der Waals surface area contributed by atoms with Crippen LogP contribution in [0.1, 0.15) is 29.5 Å². The molecule has 0 unspecified atom stereocenters. The van der Waals surface area contributed by atoms with Gasteiger partial charge in [0.05, 0.1) is 18.1 Å². The lowest BCUT2D eigenvalue weighted by Gasteiger charge is -2.13. The van der Waals surface area contributed by atoms with Crippen LogP contribution >= 0.6 is 47.2 Å². The van der Waals surface area contributed by atoms with Crippen molar-refractivity contribution in [2.75, 3.05) is 19.8 Å². The summed E-state index contributed by atoms with van der Waals surface area (Å²) in [6.45, 7) is 0.488. The number of thioether (sulfide) groups is 1. The Bertz CT molecular complexity index is 1390. The number of rotatable bonds is 13. The molecule has 4 rings (SSSR count). The standard InChI is InChI=1S/C30H27Cl2NO5S2/c31-23-9-5-20(6-10-23)3-1-15-37-25-13-14-26(38-16-2-4-21-7-11-24(32)12-8-21)22(17-25)18-27-29(36)33(19-28(34)35)30(39)40-27/h5-14,17-18H,1-4,15-16,19H2,(H,34,35)/b27-18-. The minimum atomic E-state index is -1.13. The second-order valence-corrected chi connectivity index (χ2v) is 11.6. The fraction of sp³-hybridized carbons (Fsp3) is 0.233. The summed E-state index contributed by atoms with van der Waals surface area (Å²) in [6.07, 6.45) is 4.95. The van der Waals surface area contributed by atoms with Gasteiger partial charge < -0.3 is 14.6 Å². The number of thiocarbonyl (C=S) groups is 1. The van der Waals surface area contributed by atoms with Gasteiger partial charge in [-0.15, -0.1) is 0 Å². The van der Waals surface area contributed by atoms with Gasteiger partial charge in [-0.05, 0) is 85.4 Å². The first-order valence-electron chi connectivity index (χ1n) is 12.6. The Balaban J connectivity index is 1.44. The predicted octanol–water partition coefficient (Wildman–Crippen LogP) is 7.30. The van der Waals surface area contributed by atoms with E-state index in [2.05, 4.69) is 0 Å². The van der Waals surface area contributed by atoms with Crippen LogP contribution in [0.25, 0.3) is 6.08 Å². The number of carbonyl (C=O) groups is 2. The van der Waals surface area contributed by atoms with Crippen molar-refractivity contribution in [3.63, 3.8) is 0 Å². The number of carboxylic acids is 1. The van der Waals surface area contributed by atoms with Gasteiger partial charge in [0.1, 0.15) is 22.4 Å². The molecule has 1 aliphatic heterocycles. The average Bonchev–Trinajstić information content (AvgIpc) is 3.19. The van der Waals surface area contributed by atoms with Crippen LogP contribution in [0.3, 0.4) is 0 Å². The molecule has 0 aliphatic carbocycles. The van der Waals surface area contributed by atoms with Crippen molar-refractivity contribution >= 4 is 69.5 Å². The van der Waals surface area contributed by atoms with Gasteiger partial charge in [0, 0.05) is 15.6 Å². The number of halogens is 2. The Morgan fingerprint density at radius 3 is 2.05 bits per heavy atom. The van der Waals surface area contributed by atoms with Crippen molar-refractivity contribution in [2.24, 2.45) is 0 Å². The van der Waals surface area contributed by atoms with E-state index in [9.17, 15) is 9.59 Å².